The van der Waals surface area contributed by atoms with Crippen LogP contribution in [-0.4, -0.2) is 42.1 Å². The summed E-state index contributed by atoms with van der Waals surface area (Å²) in [5.74, 6) is -3.91. The van der Waals surface area contributed by atoms with E-state index in [0.29, 0.717) is 37.2 Å². The molecule has 2 amide bonds. The molecule has 0 spiro atoms. The van der Waals surface area contributed by atoms with Gasteiger partial charge in [0.1, 0.15) is 5.82 Å². The molecule has 0 heterocycles. The van der Waals surface area contributed by atoms with E-state index in [1.807, 2.05) is 12.1 Å². The lowest BCUT2D eigenvalue weighted by atomic mass is 9.87. The van der Waals surface area contributed by atoms with Gasteiger partial charge in [0.2, 0.25) is 0 Å². The fourth-order valence-electron chi connectivity index (χ4n) is 4.27. The Morgan fingerprint density at radius 1 is 0.857 bits per heavy atom. The maximum Gasteiger partial charge on any atom is 0.306 e. The summed E-state index contributed by atoms with van der Waals surface area (Å²) in [6.07, 6.45) is 3.63. The van der Waals surface area contributed by atoms with E-state index in [-0.39, 0.29) is 24.7 Å². The zero-order chi connectivity index (χ0) is 24.9. The quantitative estimate of drug-likeness (QED) is 0.465. The van der Waals surface area contributed by atoms with Gasteiger partial charge in [-0.2, -0.15) is 0 Å². The molecule has 0 radical (unpaired) electrons. The summed E-state index contributed by atoms with van der Waals surface area (Å²) in [5.41, 5.74) is 1.28. The first kappa shape index (κ1) is 24.6. The molecular weight excluding hydrogens is 458 g/mol. The van der Waals surface area contributed by atoms with Crippen LogP contribution in [0.3, 0.4) is 0 Å². The van der Waals surface area contributed by atoms with E-state index < -0.39 is 41.1 Å². The predicted octanol–water partition coefficient (Wildman–Crippen LogP) is 4.02. The molecule has 2 fully saturated rings. The molecule has 0 saturated heterocycles. The van der Waals surface area contributed by atoms with Crippen molar-refractivity contribution in [2.75, 3.05) is 13.1 Å². The fourth-order valence-corrected chi connectivity index (χ4v) is 4.27. The van der Waals surface area contributed by atoms with Crippen LogP contribution in [0, 0.1) is 17.6 Å². The lowest BCUT2D eigenvalue weighted by Gasteiger charge is -2.27. The molecule has 2 aromatic rings. The van der Waals surface area contributed by atoms with Crippen molar-refractivity contribution < 1.29 is 33.0 Å². The van der Waals surface area contributed by atoms with Crippen LogP contribution in [0.25, 0.3) is 0 Å². The Kier molecular flexibility index (Phi) is 7.63. The molecule has 0 aromatic heterocycles. The summed E-state index contributed by atoms with van der Waals surface area (Å²) in [6.45, 7) is 0.163. The van der Waals surface area contributed by atoms with Gasteiger partial charge in [0, 0.05) is 24.7 Å². The number of hydrogen-bond donors (Lipinski definition) is 3. The van der Waals surface area contributed by atoms with E-state index >= 15 is 0 Å². The van der Waals surface area contributed by atoms with E-state index in [2.05, 4.69) is 10.6 Å². The second kappa shape index (κ2) is 10.8. The van der Waals surface area contributed by atoms with Gasteiger partial charge in [-0.05, 0) is 68.2 Å². The minimum Gasteiger partial charge on any atom is -0.487 e. The minimum absolute atomic E-state index is 0.0386. The smallest absolute Gasteiger partial charge is 0.306 e. The van der Waals surface area contributed by atoms with Gasteiger partial charge in [-0.3, -0.25) is 14.4 Å². The number of aliphatic carboxylic acids is 1. The normalized spacial score (nSPS) is 19.6. The number of rotatable bonds is 9. The first-order valence-electron chi connectivity index (χ1n) is 11.9. The van der Waals surface area contributed by atoms with Crippen LogP contribution < -0.4 is 15.4 Å². The monoisotopic (exact) mass is 486 g/mol. The second-order valence-corrected chi connectivity index (χ2v) is 9.10. The molecular formula is C26H28F2N2O5. The van der Waals surface area contributed by atoms with Crippen LogP contribution in [0.2, 0.25) is 0 Å². The van der Waals surface area contributed by atoms with Crippen LogP contribution in [-0.2, 0) is 4.79 Å². The number of ether oxygens (including phenoxy) is 1. The summed E-state index contributed by atoms with van der Waals surface area (Å²) >= 11 is 0. The molecule has 7 nitrogen and oxygen atoms in total. The van der Waals surface area contributed by atoms with E-state index in [9.17, 15) is 23.2 Å². The highest BCUT2D eigenvalue weighted by atomic mass is 19.1. The van der Waals surface area contributed by atoms with E-state index in [1.54, 1.807) is 12.1 Å². The average Bonchev–Trinajstić information content (AvgIpc) is 3.69. The van der Waals surface area contributed by atoms with Crippen molar-refractivity contribution >= 4 is 17.8 Å². The second-order valence-electron chi connectivity index (χ2n) is 9.10. The molecule has 0 bridgehead atoms. The number of carboxylic acids is 1. The van der Waals surface area contributed by atoms with Crippen LogP contribution in [0.4, 0.5) is 8.78 Å². The van der Waals surface area contributed by atoms with Crippen molar-refractivity contribution in [3.8, 4) is 5.75 Å². The van der Waals surface area contributed by atoms with Crippen molar-refractivity contribution in [1.82, 2.24) is 10.6 Å². The molecule has 2 aliphatic rings. The van der Waals surface area contributed by atoms with E-state index in [4.69, 9.17) is 9.84 Å². The zero-order valence-electron chi connectivity index (χ0n) is 19.2. The number of nitrogens with one attached hydrogen (secondary N) is 2. The standard InChI is InChI=1S/C26H28F2N2O5/c27-21-14-23(35-19-9-7-18(8-10-19)26(33)34)22(28)13-20(21)25(32)30-12-11-29-24(31)17-5-3-16(4-6-17)15-1-2-15/h3-6,13-15,18-19H,1-2,7-12H2,(H,29,31)(H,30,32)(H,33,34)/t18-,19+. The molecule has 2 aromatic carbocycles. The van der Waals surface area contributed by atoms with Crippen LogP contribution in [0.1, 0.15) is 70.7 Å². The van der Waals surface area contributed by atoms with Crippen LogP contribution in [0.15, 0.2) is 36.4 Å². The molecule has 2 aliphatic carbocycles. The average molecular weight is 487 g/mol. The molecule has 186 valence electrons. The molecule has 3 N–H and O–H groups in total. The Bertz CT molecular complexity index is 1090. The minimum atomic E-state index is -0.932. The lowest BCUT2D eigenvalue weighted by Crippen LogP contribution is -2.35. The highest BCUT2D eigenvalue weighted by molar-refractivity contribution is 5.95. The zero-order valence-corrected chi connectivity index (χ0v) is 19.2. The first-order chi connectivity index (χ1) is 16.8. The maximum atomic E-state index is 14.5. The van der Waals surface area contributed by atoms with Crippen molar-refractivity contribution in [2.45, 2.75) is 50.5 Å². The summed E-state index contributed by atoms with van der Waals surface area (Å²) in [4.78, 5) is 35.6. The molecule has 0 aliphatic heterocycles. The van der Waals surface area contributed by atoms with Gasteiger partial charge < -0.3 is 20.5 Å². The topological polar surface area (TPSA) is 105 Å². The number of carboxylic acid groups (broad SMARTS) is 1. The number of amides is 2. The number of halogens is 2. The maximum absolute atomic E-state index is 14.5. The third kappa shape index (κ3) is 6.35. The van der Waals surface area contributed by atoms with Crippen molar-refractivity contribution in [2.24, 2.45) is 5.92 Å². The third-order valence-electron chi connectivity index (χ3n) is 6.50. The van der Waals surface area contributed by atoms with Gasteiger partial charge in [-0.1, -0.05) is 12.1 Å². The van der Waals surface area contributed by atoms with Gasteiger partial charge in [0.15, 0.2) is 11.6 Å². The van der Waals surface area contributed by atoms with Crippen molar-refractivity contribution in [1.29, 1.82) is 0 Å². The number of hydrogen-bond acceptors (Lipinski definition) is 4. The third-order valence-corrected chi connectivity index (χ3v) is 6.50. The van der Waals surface area contributed by atoms with Gasteiger partial charge >= 0.3 is 5.97 Å². The Hall–Kier alpha value is -3.49. The molecule has 9 heteroatoms. The number of carbonyl (C=O) groups is 3. The molecule has 35 heavy (non-hydrogen) atoms. The summed E-state index contributed by atoms with van der Waals surface area (Å²) < 4.78 is 34.5. The van der Waals surface area contributed by atoms with Crippen LogP contribution in [0.5, 0.6) is 5.75 Å². The molecule has 4 rings (SSSR count). The Balaban J connectivity index is 1.24. The van der Waals surface area contributed by atoms with E-state index in [1.165, 1.54) is 18.4 Å². The van der Waals surface area contributed by atoms with Crippen molar-refractivity contribution in [3.63, 3.8) is 0 Å². The van der Waals surface area contributed by atoms with Crippen molar-refractivity contribution in [3.05, 3.63) is 64.7 Å². The predicted molar refractivity (Wildman–Crippen MR) is 123 cm³/mol. The van der Waals surface area contributed by atoms with E-state index in [0.717, 1.165) is 12.1 Å². The largest absolute Gasteiger partial charge is 0.487 e. The summed E-state index contributed by atoms with van der Waals surface area (Å²) in [5, 5.41) is 14.2. The Labute approximate surface area is 201 Å². The highest BCUT2D eigenvalue weighted by Crippen LogP contribution is 2.39. The SMILES string of the molecule is O=C(NCCNC(=O)c1cc(F)c(O[C@H]2CC[C@@H](C(=O)O)CC2)cc1F)c1ccc(C2CC2)cc1. The summed E-state index contributed by atoms with van der Waals surface area (Å²) in [6, 6.07) is 9.03. The molecule has 0 atom stereocenters. The van der Waals surface area contributed by atoms with Crippen LogP contribution >= 0.6 is 0 Å². The Morgan fingerprint density at radius 3 is 2.09 bits per heavy atom. The highest BCUT2D eigenvalue weighted by Gasteiger charge is 2.28. The molecule has 0 unspecified atom stereocenters. The Morgan fingerprint density at radius 2 is 1.49 bits per heavy atom. The van der Waals surface area contributed by atoms with Gasteiger partial charge in [-0.25, -0.2) is 8.78 Å². The summed E-state index contributed by atoms with van der Waals surface area (Å²) in [7, 11) is 0. The number of benzene rings is 2. The van der Waals surface area contributed by atoms with Gasteiger partial charge in [0.05, 0.1) is 17.6 Å². The molecule has 2 saturated carbocycles. The lowest BCUT2D eigenvalue weighted by molar-refractivity contribution is -0.143. The van der Waals surface area contributed by atoms with Gasteiger partial charge in [0.25, 0.3) is 11.8 Å². The first-order valence-corrected chi connectivity index (χ1v) is 11.9. The fraction of sp³-hybridized carbons (Fsp3) is 0.423. The van der Waals surface area contributed by atoms with Gasteiger partial charge in [-0.15, -0.1) is 0 Å². The number of carbonyl (C=O) groups excluding carboxylic acids is 2.